The zero-order valence-corrected chi connectivity index (χ0v) is 21.7. The van der Waals surface area contributed by atoms with Crippen molar-refractivity contribution in [2.45, 2.75) is 32.4 Å². The van der Waals surface area contributed by atoms with Crippen molar-refractivity contribution in [3.8, 4) is 11.1 Å². The van der Waals surface area contributed by atoms with Crippen LogP contribution < -0.4 is 5.32 Å². The van der Waals surface area contributed by atoms with Crippen LogP contribution in [0.15, 0.2) is 67.5 Å². The van der Waals surface area contributed by atoms with Gasteiger partial charge in [-0.2, -0.15) is 5.10 Å². The average Bonchev–Trinajstić information content (AvgIpc) is 3.24. The lowest BCUT2D eigenvalue weighted by Crippen LogP contribution is -2.30. The summed E-state index contributed by atoms with van der Waals surface area (Å²) in [7, 11) is 6.21. The third-order valence-electron chi connectivity index (χ3n) is 7.00. The van der Waals surface area contributed by atoms with Gasteiger partial charge < -0.3 is 10.2 Å². The number of rotatable bonds is 8. The molecule has 0 saturated carbocycles. The minimum Gasteiger partial charge on any atom is -0.340 e. The van der Waals surface area contributed by atoms with E-state index >= 15 is 0 Å². The molecule has 6 nitrogen and oxygen atoms in total. The molecule has 0 aliphatic carbocycles. The van der Waals surface area contributed by atoms with Crippen molar-refractivity contribution in [1.29, 1.82) is 0 Å². The standard InChI is InChI=1S/C30H36N6/c1-22(24-10-8-23(9-11-24)20-34(2)3)33-30-17-27-16-25(12-13-26(27)18-31-30)28-19-32-35(4)29(28)21-36-14-6-5-7-15-36/h8-13,16-19H,1,5-7,14-15,20-21H2,2-4H3,(H,31,33). The third kappa shape index (κ3) is 5.50. The number of likely N-dealkylation sites (tertiary alicyclic amines) is 1. The molecule has 1 fully saturated rings. The Hall–Kier alpha value is -3.48. The molecule has 4 aromatic rings. The van der Waals surface area contributed by atoms with Crippen molar-refractivity contribution in [3.63, 3.8) is 0 Å². The molecule has 186 valence electrons. The number of piperidine rings is 1. The number of fused-ring (bicyclic) bond motifs is 1. The normalized spacial score (nSPS) is 14.4. The molecular formula is C30H36N6. The Morgan fingerprint density at radius 2 is 1.75 bits per heavy atom. The molecule has 36 heavy (non-hydrogen) atoms. The molecule has 0 amide bonds. The van der Waals surface area contributed by atoms with Crippen LogP contribution in [0.2, 0.25) is 0 Å². The maximum absolute atomic E-state index is 4.63. The van der Waals surface area contributed by atoms with Gasteiger partial charge in [-0.05, 0) is 74.2 Å². The quantitative estimate of drug-likeness (QED) is 0.347. The van der Waals surface area contributed by atoms with Crippen LogP contribution in [0.1, 0.15) is 36.1 Å². The lowest BCUT2D eigenvalue weighted by molar-refractivity contribution is 0.216. The fourth-order valence-corrected chi connectivity index (χ4v) is 5.00. The number of aromatic nitrogens is 3. The summed E-state index contributed by atoms with van der Waals surface area (Å²) in [5.74, 6) is 0.793. The van der Waals surface area contributed by atoms with Crippen molar-refractivity contribution in [2.75, 3.05) is 32.5 Å². The number of anilines is 1. The Bertz CT molecular complexity index is 1350. The lowest BCUT2D eigenvalue weighted by Gasteiger charge is -2.26. The second-order valence-electron chi connectivity index (χ2n) is 10.1. The van der Waals surface area contributed by atoms with E-state index in [0.29, 0.717) is 0 Å². The van der Waals surface area contributed by atoms with E-state index in [1.807, 2.05) is 17.1 Å². The smallest absolute Gasteiger partial charge is 0.130 e. The maximum atomic E-state index is 4.63. The highest BCUT2D eigenvalue weighted by Crippen LogP contribution is 2.29. The van der Waals surface area contributed by atoms with Crippen LogP contribution in [0.3, 0.4) is 0 Å². The summed E-state index contributed by atoms with van der Waals surface area (Å²) in [6, 6.07) is 17.2. The van der Waals surface area contributed by atoms with Crippen LogP contribution >= 0.6 is 0 Å². The first kappa shape index (κ1) is 24.2. The second-order valence-corrected chi connectivity index (χ2v) is 10.1. The maximum Gasteiger partial charge on any atom is 0.130 e. The van der Waals surface area contributed by atoms with E-state index in [0.717, 1.165) is 40.9 Å². The zero-order valence-electron chi connectivity index (χ0n) is 21.7. The fraction of sp³-hybridized carbons (Fsp3) is 0.333. The summed E-state index contributed by atoms with van der Waals surface area (Å²) in [5, 5.41) is 10.3. The summed E-state index contributed by atoms with van der Waals surface area (Å²) >= 11 is 0. The molecule has 1 saturated heterocycles. The minimum absolute atomic E-state index is 0.793. The summed E-state index contributed by atoms with van der Waals surface area (Å²) in [6.07, 6.45) is 7.85. The molecule has 1 N–H and O–H groups in total. The second kappa shape index (κ2) is 10.6. The summed E-state index contributed by atoms with van der Waals surface area (Å²) in [5.41, 5.74) is 6.85. The van der Waals surface area contributed by atoms with Crippen LogP contribution in [-0.4, -0.2) is 51.7 Å². The van der Waals surface area contributed by atoms with Gasteiger partial charge in [0.15, 0.2) is 0 Å². The first-order valence-corrected chi connectivity index (χ1v) is 12.8. The van der Waals surface area contributed by atoms with Crippen molar-refractivity contribution in [2.24, 2.45) is 7.05 Å². The van der Waals surface area contributed by atoms with Gasteiger partial charge in [0.05, 0.1) is 11.9 Å². The lowest BCUT2D eigenvalue weighted by atomic mass is 10.0. The van der Waals surface area contributed by atoms with Gasteiger partial charge in [0.1, 0.15) is 5.82 Å². The summed E-state index contributed by atoms with van der Waals surface area (Å²) in [4.78, 5) is 9.34. The number of hydrogen-bond acceptors (Lipinski definition) is 5. The van der Waals surface area contributed by atoms with Crippen molar-refractivity contribution in [1.82, 2.24) is 24.6 Å². The largest absolute Gasteiger partial charge is 0.340 e. The van der Waals surface area contributed by atoms with Gasteiger partial charge in [0, 0.05) is 43.0 Å². The molecule has 5 rings (SSSR count). The van der Waals surface area contributed by atoms with E-state index in [4.69, 9.17) is 0 Å². The first-order valence-electron chi connectivity index (χ1n) is 12.8. The van der Waals surface area contributed by atoms with E-state index in [9.17, 15) is 0 Å². The van der Waals surface area contributed by atoms with E-state index in [2.05, 4.69) is 101 Å². The molecule has 0 unspecified atom stereocenters. The number of nitrogens with one attached hydrogen (secondary N) is 1. The van der Waals surface area contributed by atoms with Gasteiger partial charge in [-0.3, -0.25) is 9.58 Å². The van der Waals surface area contributed by atoms with Crippen LogP contribution in [0.25, 0.3) is 27.6 Å². The third-order valence-corrected chi connectivity index (χ3v) is 7.00. The molecule has 1 aliphatic heterocycles. The highest BCUT2D eigenvalue weighted by Gasteiger charge is 2.17. The molecule has 0 bridgehead atoms. The molecule has 1 aliphatic rings. The minimum atomic E-state index is 0.793. The molecule has 2 aromatic heterocycles. The van der Waals surface area contributed by atoms with E-state index in [-0.39, 0.29) is 0 Å². The number of hydrogen-bond donors (Lipinski definition) is 1. The van der Waals surface area contributed by atoms with Gasteiger partial charge in [-0.15, -0.1) is 0 Å². The van der Waals surface area contributed by atoms with Crippen molar-refractivity contribution >= 4 is 22.3 Å². The predicted octanol–water partition coefficient (Wildman–Crippen LogP) is 5.77. The molecule has 0 atom stereocenters. The van der Waals surface area contributed by atoms with Crippen molar-refractivity contribution < 1.29 is 0 Å². The summed E-state index contributed by atoms with van der Waals surface area (Å²) in [6.45, 7) is 8.46. The van der Waals surface area contributed by atoms with E-state index < -0.39 is 0 Å². The van der Waals surface area contributed by atoms with Gasteiger partial charge in [0.25, 0.3) is 0 Å². The van der Waals surface area contributed by atoms with Crippen LogP contribution in [0.4, 0.5) is 5.82 Å². The molecule has 3 heterocycles. The van der Waals surface area contributed by atoms with Crippen LogP contribution in [0.5, 0.6) is 0 Å². The molecule has 0 radical (unpaired) electrons. The number of benzene rings is 2. The van der Waals surface area contributed by atoms with E-state index in [1.165, 1.54) is 54.7 Å². The van der Waals surface area contributed by atoms with Crippen LogP contribution in [-0.2, 0) is 20.1 Å². The fourth-order valence-electron chi connectivity index (χ4n) is 5.00. The predicted molar refractivity (Wildman–Crippen MR) is 150 cm³/mol. The monoisotopic (exact) mass is 480 g/mol. The first-order chi connectivity index (χ1) is 17.5. The molecule has 2 aromatic carbocycles. The van der Waals surface area contributed by atoms with Gasteiger partial charge in [-0.1, -0.05) is 49.4 Å². The highest BCUT2D eigenvalue weighted by atomic mass is 15.3. The van der Waals surface area contributed by atoms with Gasteiger partial charge in [0.2, 0.25) is 0 Å². The SMILES string of the molecule is C=C(Nc1cc2cc(-c3cnn(C)c3CN3CCCCC3)ccc2cn1)c1ccc(CN(C)C)cc1. The molecule has 6 heteroatoms. The topological polar surface area (TPSA) is 49.2 Å². The molecular weight excluding hydrogens is 444 g/mol. The van der Waals surface area contributed by atoms with Gasteiger partial charge in [-0.25, -0.2) is 4.98 Å². The summed E-state index contributed by atoms with van der Waals surface area (Å²) < 4.78 is 2.03. The Kier molecular flexibility index (Phi) is 7.16. The number of pyridine rings is 1. The Morgan fingerprint density at radius 1 is 0.972 bits per heavy atom. The number of aryl methyl sites for hydroxylation is 1. The van der Waals surface area contributed by atoms with E-state index in [1.54, 1.807) is 0 Å². The Labute approximate surface area is 214 Å². The zero-order chi connectivity index (χ0) is 25.1. The molecule has 0 spiro atoms. The average molecular weight is 481 g/mol. The highest BCUT2D eigenvalue weighted by molar-refractivity contribution is 5.89. The van der Waals surface area contributed by atoms with Crippen LogP contribution in [0, 0.1) is 0 Å². The Balaban J connectivity index is 1.36. The Morgan fingerprint density at radius 3 is 2.50 bits per heavy atom. The van der Waals surface area contributed by atoms with Gasteiger partial charge >= 0.3 is 0 Å². The number of nitrogens with zero attached hydrogens (tertiary/aromatic N) is 5. The van der Waals surface area contributed by atoms with Crippen molar-refractivity contribution in [3.05, 3.63) is 84.3 Å².